The van der Waals surface area contributed by atoms with Crippen molar-refractivity contribution >= 4 is 34.8 Å². The Morgan fingerprint density at radius 1 is 1.36 bits per heavy atom. The number of thioether (sulfide) groups is 1. The Kier molecular flexibility index (Phi) is 5.62. The van der Waals surface area contributed by atoms with Gasteiger partial charge in [0.15, 0.2) is 0 Å². The lowest BCUT2D eigenvalue weighted by atomic mass is 10.3. The van der Waals surface area contributed by atoms with E-state index in [2.05, 4.69) is 23.2 Å². The number of nitrogens with zero attached hydrogens (tertiary/aromatic N) is 2. The van der Waals surface area contributed by atoms with Crippen molar-refractivity contribution in [3.63, 3.8) is 0 Å². The maximum Gasteiger partial charge on any atom is 0.322 e. The molecule has 7 heteroatoms. The monoisotopic (exact) mass is 341 g/mol. The number of fused-ring (bicyclic) bond motifs is 1. The molecule has 1 saturated heterocycles. The van der Waals surface area contributed by atoms with E-state index < -0.39 is 0 Å². The Balaban J connectivity index is 1.53. The van der Waals surface area contributed by atoms with Crippen LogP contribution in [-0.2, 0) is 11.2 Å². The molecule has 1 aromatic heterocycles. The topological polar surface area (TPSA) is 44.8 Å². The molecule has 122 valence electrons. The van der Waals surface area contributed by atoms with Gasteiger partial charge in [-0.05, 0) is 12.5 Å². The number of hydrogen-bond acceptors (Lipinski definition) is 5. The summed E-state index contributed by atoms with van der Waals surface area (Å²) in [5.41, 5.74) is 1.10. The number of amides is 2. The fourth-order valence-electron chi connectivity index (χ4n) is 2.68. The van der Waals surface area contributed by atoms with E-state index >= 15 is 0 Å². The Labute approximate surface area is 140 Å². The number of anilines is 1. The van der Waals surface area contributed by atoms with Crippen LogP contribution in [0.3, 0.4) is 0 Å². The van der Waals surface area contributed by atoms with Crippen LogP contribution in [0.5, 0.6) is 0 Å². The molecule has 0 aliphatic carbocycles. The molecule has 3 heterocycles. The minimum atomic E-state index is 0.0373. The van der Waals surface area contributed by atoms with Gasteiger partial charge < -0.3 is 10.1 Å². The van der Waals surface area contributed by atoms with E-state index in [1.165, 1.54) is 9.09 Å². The maximum absolute atomic E-state index is 12.5. The largest absolute Gasteiger partial charge is 0.379 e. The van der Waals surface area contributed by atoms with Crippen LogP contribution in [0.4, 0.5) is 10.5 Å². The van der Waals surface area contributed by atoms with Gasteiger partial charge in [-0.3, -0.25) is 9.80 Å². The number of aryl methyl sites for hydroxylation is 1. The summed E-state index contributed by atoms with van der Waals surface area (Å²) in [5, 5.41) is 3.07. The Hall–Kier alpha value is -0.760. The van der Waals surface area contributed by atoms with Crippen molar-refractivity contribution in [3.05, 3.63) is 10.9 Å². The Bertz CT molecular complexity index is 515. The summed E-state index contributed by atoms with van der Waals surface area (Å²) in [4.78, 5) is 18.1. The number of urea groups is 1. The number of nitrogens with one attached hydrogen (secondary N) is 1. The molecule has 0 unspecified atom stereocenters. The average Bonchev–Trinajstić information content (AvgIpc) is 2.99. The van der Waals surface area contributed by atoms with Crippen molar-refractivity contribution < 1.29 is 9.53 Å². The fourth-order valence-corrected chi connectivity index (χ4v) is 5.09. The molecule has 0 aromatic carbocycles. The van der Waals surface area contributed by atoms with E-state index in [9.17, 15) is 4.79 Å². The number of hydrogen-bond donors (Lipinski definition) is 1. The van der Waals surface area contributed by atoms with Gasteiger partial charge in [0.25, 0.3) is 0 Å². The molecule has 0 bridgehead atoms. The van der Waals surface area contributed by atoms with Gasteiger partial charge in [-0.25, -0.2) is 4.79 Å². The summed E-state index contributed by atoms with van der Waals surface area (Å²) in [5.74, 6) is 0.980. The van der Waals surface area contributed by atoms with Crippen LogP contribution in [0.2, 0.25) is 0 Å². The molecule has 2 aliphatic rings. The first-order valence-corrected chi connectivity index (χ1v) is 9.69. The summed E-state index contributed by atoms with van der Waals surface area (Å²) in [6, 6.07) is 2.21. The Morgan fingerprint density at radius 2 is 2.18 bits per heavy atom. The zero-order valence-electron chi connectivity index (χ0n) is 13.0. The molecule has 0 atom stereocenters. The zero-order chi connectivity index (χ0) is 15.4. The average molecular weight is 342 g/mol. The van der Waals surface area contributed by atoms with Crippen LogP contribution in [0.15, 0.2) is 10.3 Å². The maximum atomic E-state index is 12.5. The van der Waals surface area contributed by atoms with E-state index in [0.717, 1.165) is 57.3 Å². The van der Waals surface area contributed by atoms with E-state index in [1.807, 2.05) is 28.0 Å². The second kappa shape index (κ2) is 7.68. The van der Waals surface area contributed by atoms with Gasteiger partial charge in [-0.2, -0.15) is 0 Å². The molecule has 3 rings (SSSR count). The highest BCUT2D eigenvalue weighted by Gasteiger charge is 2.25. The molecular formula is C15H23N3O2S2. The normalized spacial score (nSPS) is 19.0. The highest BCUT2D eigenvalue weighted by Crippen LogP contribution is 2.41. The van der Waals surface area contributed by atoms with Gasteiger partial charge in [-0.1, -0.05) is 6.92 Å². The Morgan fingerprint density at radius 3 is 2.95 bits per heavy atom. The standard InChI is InChI=1S/C15H23N3O2S2/c1-2-12-11-13-14(22-12)21-10-7-18(13)15(19)16-3-4-17-5-8-20-9-6-17/h11H,2-10H2,1H3,(H,16,19). The highest BCUT2D eigenvalue weighted by molar-refractivity contribution is 8.01. The lowest BCUT2D eigenvalue weighted by molar-refractivity contribution is 0.0387. The molecule has 22 heavy (non-hydrogen) atoms. The summed E-state index contributed by atoms with van der Waals surface area (Å²) in [7, 11) is 0. The molecule has 1 N–H and O–H groups in total. The number of carbonyl (C=O) groups is 1. The zero-order valence-corrected chi connectivity index (χ0v) is 14.6. The lowest BCUT2D eigenvalue weighted by Gasteiger charge is -2.29. The van der Waals surface area contributed by atoms with Gasteiger partial charge >= 0.3 is 6.03 Å². The molecule has 0 radical (unpaired) electrons. The number of morpholine rings is 1. The van der Waals surface area contributed by atoms with Gasteiger partial charge in [0.05, 0.1) is 23.1 Å². The molecule has 1 fully saturated rings. The van der Waals surface area contributed by atoms with E-state index in [1.54, 1.807) is 0 Å². The molecule has 0 saturated carbocycles. The summed E-state index contributed by atoms with van der Waals surface area (Å²) >= 11 is 3.69. The van der Waals surface area contributed by atoms with Crippen molar-refractivity contribution in [1.29, 1.82) is 0 Å². The van der Waals surface area contributed by atoms with Crippen molar-refractivity contribution in [2.45, 2.75) is 17.6 Å². The lowest BCUT2D eigenvalue weighted by Crippen LogP contribution is -2.46. The predicted octanol–water partition coefficient (Wildman–Crippen LogP) is 2.26. The number of carbonyl (C=O) groups excluding carboxylic acids is 1. The quantitative estimate of drug-likeness (QED) is 0.912. The SMILES string of the molecule is CCc1cc2c(s1)SCCN2C(=O)NCCN1CCOCC1. The molecule has 0 spiro atoms. The second-order valence-electron chi connectivity index (χ2n) is 5.43. The number of rotatable bonds is 4. The van der Waals surface area contributed by atoms with Gasteiger partial charge in [0, 0.05) is 43.4 Å². The molecule has 2 amide bonds. The predicted molar refractivity (Wildman–Crippen MR) is 92.4 cm³/mol. The van der Waals surface area contributed by atoms with Gasteiger partial charge in [0.1, 0.15) is 0 Å². The van der Waals surface area contributed by atoms with Crippen LogP contribution in [0, 0.1) is 0 Å². The summed E-state index contributed by atoms with van der Waals surface area (Å²) < 4.78 is 6.62. The minimum Gasteiger partial charge on any atom is -0.379 e. The van der Waals surface area contributed by atoms with Crippen LogP contribution < -0.4 is 10.2 Å². The van der Waals surface area contributed by atoms with Crippen molar-refractivity contribution in [3.8, 4) is 0 Å². The van der Waals surface area contributed by atoms with Gasteiger partial charge in [-0.15, -0.1) is 23.1 Å². The van der Waals surface area contributed by atoms with Crippen LogP contribution in [-0.4, -0.2) is 62.6 Å². The third kappa shape index (κ3) is 3.76. The fraction of sp³-hybridized carbons (Fsp3) is 0.667. The van der Waals surface area contributed by atoms with Crippen LogP contribution >= 0.6 is 23.1 Å². The van der Waals surface area contributed by atoms with E-state index in [0.29, 0.717) is 6.54 Å². The number of thiophene rings is 1. The van der Waals surface area contributed by atoms with Crippen molar-refractivity contribution in [1.82, 2.24) is 10.2 Å². The first kappa shape index (κ1) is 16.1. The molecule has 5 nitrogen and oxygen atoms in total. The van der Waals surface area contributed by atoms with E-state index in [4.69, 9.17) is 4.74 Å². The summed E-state index contributed by atoms with van der Waals surface area (Å²) in [6.07, 6.45) is 1.03. The first-order chi connectivity index (χ1) is 10.8. The van der Waals surface area contributed by atoms with Crippen LogP contribution in [0.1, 0.15) is 11.8 Å². The van der Waals surface area contributed by atoms with Crippen LogP contribution in [0.25, 0.3) is 0 Å². The third-order valence-electron chi connectivity index (χ3n) is 3.97. The first-order valence-electron chi connectivity index (χ1n) is 7.89. The van der Waals surface area contributed by atoms with Crippen molar-refractivity contribution in [2.24, 2.45) is 0 Å². The van der Waals surface area contributed by atoms with Gasteiger partial charge in [0.2, 0.25) is 0 Å². The molecular weight excluding hydrogens is 318 g/mol. The van der Waals surface area contributed by atoms with Crippen molar-refractivity contribution in [2.75, 3.05) is 56.6 Å². The third-order valence-corrected chi connectivity index (χ3v) is 6.50. The highest BCUT2D eigenvalue weighted by atomic mass is 32.2. The minimum absolute atomic E-state index is 0.0373. The summed E-state index contributed by atoms with van der Waals surface area (Å²) in [6.45, 7) is 8.08. The smallest absolute Gasteiger partial charge is 0.322 e. The van der Waals surface area contributed by atoms with E-state index in [-0.39, 0.29) is 6.03 Å². The second-order valence-corrected chi connectivity index (χ2v) is 7.93. The molecule has 1 aromatic rings. The molecule has 2 aliphatic heterocycles. The number of ether oxygens (including phenoxy) is 1.